The largest absolute Gasteiger partial charge is 0.393 e. The molecule has 0 radical (unpaired) electrons. The van der Waals surface area contributed by atoms with Gasteiger partial charge in [0.1, 0.15) is 5.54 Å². The van der Waals surface area contributed by atoms with Gasteiger partial charge in [0.2, 0.25) is 5.91 Å². The fraction of sp³-hybridized carbons (Fsp3) is 0.619. The Kier molecular flexibility index (Phi) is 5.12. The first kappa shape index (κ1) is 19.3. The van der Waals surface area contributed by atoms with Gasteiger partial charge in [-0.1, -0.05) is 0 Å². The van der Waals surface area contributed by atoms with Crippen LogP contribution in [0.25, 0.3) is 0 Å². The van der Waals surface area contributed by atoms with E-state index in [1.165, 1.54) is 6.07 Å². The van der Waals surface area contributed by atoms with Gasteiger partial charge in [-0.3, -0.25) is 9.59 Å². The van der Waals surface area contributed by atoms with E-state index in [0.29, 0.717) is 38.8 Å². The van der Waals surface area contributed by atoms with E-state index in [1.807, 2.05) is 4.90 Å². The van der Waals surface area contributed by atoms with Gasteiger partial charge in [-0.15, -0.1) is 0 Å². The number of aliphatic hydroxyl groups is 1. The molecule has 152 valence electrons. The Labute approximate surface area is 163 Å². The van der Waals surface area contributed by atoms with Crippen LogP contribution in [0.1, 0.15) is 61.7 Å². The van der Waals surface area contributed by atoms with Gasteiger partial charge in [0.15, 0.2) is 11.6 Å². The van der Waals surface area contributed by atoms with Crippen LogP contribution >= 0.6 is 0 Å². The molecule has 1 saturated carbocycles. The highest BCUT2D eigenvalue weighted by Gasteiger charge is 2.53. The van der Waals surface area contributed by atoms with E-state index < -0.39 is 23.1 Å². The summed E-state index contributed by atoms with van der Waals surface area (Å²) in [7, 11) is 0. The SMILES string of the molecule is O=C(c1ccc(F)c(F)c1)N1CCCC12CCCN(C1CCC(O)CC1)C2=O. The molecule has 7 heteroatoms. The molecule has 1 N–H and O–H groups in total. The van der Waals surface area contributed by atoms with Crippen LogP contribution in [0, 0.1) is 11.6 Å². The highest BCUT2D eigenvalue weighted by Crippen LogP contribution is 2.41. The molecule has 28 heavy (non-hydrogen) atoms. The number of carbonyl (C=O) groups is 2. The average molecular weight is 392 g/mol. The van der Waals surface area contributed by atoms with Gasteiger partial charge in [0.25, 0.3) is 5.91 Å². The van der Waals surface area contributed by atoms with Crippen molar-refractivity contribution in [2.24, 2.45) is 0 Å². The van der Waals surface area contributed by atoms with E-state index in [1.54, 1.807) is 4.90 Å². The third-order valence-electron chi connectivity index (χ3n) is 6.66. The average Bonchev–Trinajstić information content (AvgIpc) is 3.11. The fourth-order valence-electron chi connectivity index (χ4n) is 5.18. The minimum atomic E-state index is -1.06. The number of halogens is 2. The summed E-state index contributed by atoms with van der Waals surface area (Å²) in [5, 5.41) is 9.77. The van der Waals surface area contributed by atoms with Crippen LogP contribution in [0.15, 0.2) is 18.2 Å². The van der Waals surface area contributed by atoms with Crippen molar-refractivity contribution in [1.82, 2.24) is 9.80 Å². The van der Waals surface area contributed by atoms with Crippen molar-refractivity contribution in [1.29, 1.82) is 0 Å². The normalized spacial score (nSPS) is 30.9. The minimum absolute atomic E-state index is 0.0198. The Morgan fingerprint density at radius 3 is 2.39 bits per heavy atom. The van der Waals surface area contributed by atoms with E-state index >= 15 is 0 Å². The van der Waals surface area contributed by atoms with Crippen molar-refractivity contribution in [3.05, 3.63) is 35.4 Å². The third kappa shape index (κ3) is 3.19. The number of piperidine rings is 1. The van der Waals surface area contributed by atoms with Crippen LogP contribution in [0.5, 0.6) is 0 Å². The van der Waals surface area contributed by atoms with Gasteiger partial charge >= 0.3 is 0 Å². The molecule has 1 aromatic carbocycles. The molecular weight excluding hydrogens is 366 g/mol. The highest BCUT2D eigenvalue weighted by atomic mass is 19.2. The molecular formula is C21H26F2N2O3. The predicted octanol–water partition coefficient (Wildman–Crippen LogP) is 2.87. The Balaban J connectivity index is 1.58. The maximum Gasteiger partial charge on any atom is 0.254 e. The van der Waals surface area contributed by atoms with E-state index in [0.717, 1.165) is 37.8 Å². The highest BCUT2D eigenvalue weighted by molar-refractivity contribution is 6.00. The molecule has 3 fully saturated rings. The zero-order chi connectivity index (χ0) is 19.9. The van der Waals surface area contributed by atoms with Crippen molar-refractivity contribution in [3.8, 4) is 0 Å². The van der Waals surface area contributed by atoms with Crippen molar-refractivity contribution in [2.45, 2.75) is 69.1 Å². The van der Waals surface area contributed by atoms with Crippen LogP contribution in [0.3, 0.4) is 0 Å². The standard InChI is InChI=1S/C21H26F2N2O3/c22-17-8-3-14(13-18(17)23)19(27)25-12-2-10-21(25)9-1-11-24(20(21)28)15-4-6-16(26)7-5-15/h3,8,13,15-16,26H,1-2,4-7,9-12H2. The van der Waals surface area contributed by atoms with E-state index in [2.05, 4.69) is 0 Å². The first-order chi connectivity index (χ1) is 13.4. The summed E-state index contributed by atoms with van der Waals surface area (Å²) in [6, 6.07) is 3.25. The minimum Gasteiger partial charge on any atom is -0.393 e. The Morgan fingerprint density at radius 1 is 1.04 bits per heavy atom. The predicted molar refractivity (Wildman–Crippen MR) is 98.6 cm³/mol. The first-order valence-corrected chi connectivity index (χ1v) is 10.2. The molecule has 2 saturated heterocycles. The van der Waals surface area contributed by atoms with Gasteiger partial charge in [-0.2, -0.15) is 0 Å². The topological polar surface area (TPSA) is 60.9 Å². The molecule has 1 aliphatic carbocycles. The number of benzene rings is 1. The monoisotopic (exact) mass is 392 g/mol. The lowest BCUT2D eigenvalue weighted by Gasteiger charge is -2.48. The summed E-state index contributed by atoms with van der Waals surface area (Å²) < 4.78 is 26.9. The number of rotatable bonds is 2. The fourth-order valence-corrected chi connectivity index (χ4v) is 5.18. The first-order valence-electron chi connectivity index (χ1n) is 10.2. The van der Waals surface area contributed by atoms with Crippen molar-refractivity contribution >= 4 is 11.8 Å². The smallest absolute Gasteiger partial charge is 0.254 e. The summed E-state index contributed by atoms with van der Waals surface area (Å²) in [6.07, 6.45) is 5.39. The zero-order valence-corrected chi connectivity index (χ0v) is 15.9. The Bertz CT molecular complexity index is 779. The van der Waals surface area contributed by atoms with Crippen molar-refractivity contribution in [3.63, 3.8) is 0 Å². The molecule has 5 nitrogen and oxygen atoms in total. The zero-order valence-electron chi connectivity index (χ0n) is 15.9. The van der Waals surface area contributed by atoms with Crippen LogP contribution in [-0.2, 0) is 4.79 Å². The van der Waals surface area contributed by atoms with Crippen LogP contribution < -0.4 is 0 Å². The van der Waals surface area contributed by atoms with Gasteiger partial charge in [-0.25, -0.2) is 8.78 Å². The summed E-state index contributed by atoms with van der Waals surface area (Å²) in [5.74, 6) is -2.48. The number of hydrogen-bond donors (Lipinski definition) is 1. The molecule has 3 aliphatic rings. The Morgan fingerprint density at radius 2 is 1.71 bits per heavy atom. The molecule has 2 heterocycles. The van der Waals surface area contributed by atoms with Gasteiger partial charge in [0.05, 0.1) is 6.10 Å². The number of nitrogens with zero attached hydrogens (tertiary/aromatic N) is 2. The van der Waals surface area contributed by atoms with E-state index in [-0.39, 0.29) is 23.6 Å². The lowest BCUT2D eigenvalue weighted by molar-refractivity contribution is -0.149. The maximum absolute atomic E-state index is 13.6. The number of hydrogen-bond acceptors (Lipinski definition) is 3. The maximum atomic E-state index is 13.6. The summed E-state index contributed by atoms with van der Waals surface area (Å²) in [6.45, 7) is 1.12. The molecule has 1 unspecified atom stereocenters. The molecule has 0 bridgehead atoms. The quantitative estimate of drug-likeness (QED) is 0.842. The molecule has 1 spiro atoms. The molecule has 0 aromatic heterocycles. The van der Waals surface area contributed by atoms with Crippen LogP contribution in [-0.4, -0.2) is 57.5 Å². The summed E-state index contributed by atoms with van der Waals surface area (Å²) in [4.78, 5) is 30.1. The third-order valence-corrected chi connectivity index (χ3v) is 6.66. The van der Waals surface area contributed by atoms with Gasteiger partial charge in [0, 0.05) is 24.7 Å². The van der Waals surface area contributed by atoms with Crippen LogP contribution in [0.4, 0.5) is 8.78 Å². The number of carbonyl (C=O) groups excluding carboxylic acids is 2. The lowest BCUT2D eigenvalue weighted by Crippen LogP contribution is -2.63. The molecule has 4 rings (SSSR count). The summed E-state index contributed by atoms with van der Waals surface area (Å²) >= 11 is 0. The van der Waals surface area contributed by atoms with E-state index in [4.69, 9.17) is 0 Å². The molecule has 2 amide bonds. The molecule has 1 aromatic rings. The Hall–Kier alpha value is -2.02. The summed E-state index contributed by atoms with van der Waals surface area (Å²) in [5.41, 5.74) is -0.804. The second-order valence-electron chi connectivity index (χ2n) is 8.29. The second-order valence-corrected chi connectivity index (χ2v) is 8.29. The van der Waals surface area contributed by atoms with Crippen molar-refractivity contribution in [2.75, 3.05) is 13.1 Å². The number of amides is 2. The van der Waals surface area contributed by atoms with Gasteiger partial charge < -0.3 is 14.9 Å². The van der Waals surface area contributed by atoms with Crippen LogP contribution in [0.2, 0.25) is 0 Å². The van der Waals surface area contributed by atoms with Crippen molar-refractivity contribution < 1.29 is 23.5 Å². The molecule has 2 aliphatic heterocycles. The van der Waals surface area contributed by atoms with Gasteiger partial charge in [-0.05, 0) is 69.6 Å². The number of likely N-dealkylation sites (tertiary alicyclic amines) is 2. The lowest BCUT2D eigenvalue weighted by atomic mass is 9.82. The second kappa shape index (κ2) is 7.43. The van der Waals surface area contributed by atoms with E-state index in [9.17, 15) is 23.5 Å². The number of aliphatic hydroxyl groups excluding tert-OH is 1. The molecule has 1 atom stereocenters.